The van der Waals surface area contributed by atoms with Crippen molar-refractivity contribution in [3.8, 4) is 0 Å². The fraction of sp³-hybridized carbons (Fsp3) is 0.667. The van der Waals surface area contributed by atoms with Crippen LogP contribution in [-0.4, -0.2) is 71.4 Å². The minimum atomic E-state index is -1.40. The van der Waals surface area contributed by atoms with E-state index in [2.05, 4.69) is 5.16 Å². The number of halogens is 1. The summed E-state index contributed by atoms with van der Waals surface area (Å²) < 4.78 is 25.9. The van der Waals surface area contributed by atoms with Gasteiger partial charge in [0, 0.05) is 27.7 Å². The second-order valence-electron chi connectivity index (χ2n) is 5.54. The molecule has 0 aromatic carbocycles. The first-order valence-corrected chi connectivity index (χ1v) is 8.12. The lowest BCUT2D eigenvalue weighted by Crippen LogP contribution is -2.63. The third-order valence-corrected chi connectivity index (χ3v) is 3.61. The van der Waals surface area contributed by atoms with Gasteiger partial charge in [0.15, 0.2) is 29.6 Å². The van der Waals surface area contributed by atoms with Gasteiger partial charge in [-0.3, -0.25) is 19.2 Å². The molecule has 0 saturated carbocycles. The van der Waals surface area contributed by atoms with E-state index in [4.69, 9.17) is 40.5 Å². The Balaban J connectivity index is 3.36. The predicted molar refractivity (Wildman–Crippen MR) is 87.0 cm³/mol. The molecule has 0 unspecified atom stereocenters. The largest absolute Gasteiger partial charge is 0.463 e. The van der Waals surface area contributed by atoms with Crippen LogP contribution in [0.2, 0.25) is 0 Å². The zero-order valence-corrected chi connectivity index (χ0v) is 15.8. The quantitative estimate of drug-likeness (QED) is 0.211. The van der Waals surface area contributed by atoms with Crippen molar-refractivity contribution < 1.29 is 48.1 Å². The Kier molecular flexibility index (Phi) is 8.44. The molecule has 0 amide bonds. The Labute approximate surface area is 159 Å². The molecule has 0 aromatic heterocycles. The number of hydrogen-bond acceptors (Lipinski definition) is 11. The molecule has 0 bridgehead atoms. The second-order valence-corrected chi connectivity index (χ2v) is 5.93. The first-order chi connectivity index (χ1) is 12.6. The molecule has 1 fully saturated rings. The lowest BCUT2D eigenvalue weighted by molar-refractivity contribution is -0.241. The molecule has 1 aliphatic rings. The van der Waals surface area contributed by atoms with Gasteiger partial charge in [0.25, 0.3) is 0 Å². The number of oxime groups is 1. The number of nitrogens with zero attached hydrogens (tertiary/aromatic N) is 1. The third-order valence-electron chi connectivity index (χ3n) is 3.32. The highest BCUT2D eigenvalue weighted by atomic mass is 35.5. The molecular formula is C15H20ClNO10. The molecule has 1 saturated heterocycles. The highest BCUT2D eigenvalue weighted by Crippen LogP contribution is 2.30. The number of esters is 4. The topological polar surface area (TPSA) is 147 Å². The standard InChI is InChI=1S/C15H20ClNO10/c1-6(18)23-5-10-11(24-7(2)19)12(25-8(3)20)13(26-9(4)21)14(27-10)15(16)17-22/h10-14,22H,5H2,1-4H3/b17-15+/t10-,11-,12+,13-,14+/m1/s1. The maximum Gasteiger partial charge on any atom is 0.303 e. The second kappa shape index (κ2) is 10.1. The lowest BCUT2D eigenvalue weighted by atomic mass is 9.94. The Morgan fingerprint density at radius 1 is 0.889 bits per heavy atom. The molecule has 1 N–H and O–H groups in total. The fourth-order valence-corrected chi connectivity index (χ4v) is 2.65. The summed E-state index contributed by atoms with van der Waals surface area (Å²) in [5.74, 6) is -2.97. The molecule has 152 valence electrons. The van der Waals surface area contributed by atoms with Crippen molar-refractivity contribution in [2.45, 2.75) is 58.2 Å². The number of ether oxygens (including phenoxy) is 5. The van der Waals surface area contributed by atoms with Crippen LogP contribution in [0.4, 0.5) is 0 Å². The van der Waals surface area contributed by atoms with Gasteiger partial charge in [-0.2, -0.15) is 0 Å². The van der Waals surface area contributed by atoms with Crippen molar-refractivity contribution in [3.05, 3.63) is 0 Å². The normalized spacial score (nSPS) is 28.0. The van der Waals surface area contributed by atoms with Gasteiger partial charge in [-0.05, 0) is 0 Å². The Hall–Kier alpha value is -2.40. The van der Waals surface area contributed by atoms with Gasteiger partial charge in [0.2, 0.25) is 0 Å². The molecule has 5 atom stereocenters. The zero-order valence-electron chi connectivity index (χ0n) is 15.0. The summed E-state index contributed by atoms with van der Waals surface area (Å²) in [5, 5.41) is 11.3. The van der Waals surface area contributed by atoms with E-state index in [0.29, 0.717) is 0 Å². The van der Waals surface area contributed by atoms with Crippen LogP contribution in [0.15, 0.2) is 5.16 Å². The highest BCUT2D eigenvalue weighted by Gasteiger charge is 2.53. The van der Waals surface area contributed by atoms with E-state index in [1.165, 1.54) is 0 Å². The van der Waals surface area contributed by atoms with Crippen LogP contribution in [0.3, 0.4) is 0 Å². The van der Waals surface area contributed by atoms with Crippen molar-refractivity contribution in [2.75, 3.05) is 6.61 Å². The van der Waals surface area contributed by atoms with Crippen molar-refractivity contribution in [2.24, 2.45) is 5.16 Å². The van der Waals surface area contributed by atoms with Gasteiger partial charge in [0.05, 0.1) is 0 Å². The zero-order chi connectivity index (χ0) is 20.7. The molecule has 0 radical (unpaired) electrons. The van der Waals surface area contributed by atoms with Gasteiger partial charge < -0.3 is 28.9 Å². The van der Waals surface area contributed by atoms with Gasteiger partial charge in [0.1, 0.15) is 12.7 Å². The average molecular weight is 410 g/mol. The molecule has 1 rings (SSSR count). The number of carbonyl (C=O) groups excluding carboxylic acids is 4. The summed E-state index contributed by atoms with van der Waals surface area (Å²) in [6.45, 7) is 4.02. The SMILES string of the molecule is CC(=O)OC[C@H]1O[C@H](/C(Cl)=N\O)[C@H](OC(C)=O)[C@@H](OC(C)=O)[C@@H]1OC(C)=O. The van der Waals surface area contributed by atoms with Crippen molar-refractivity contribution >= 4 is 40.6 Å². The van der Waals surface area contributed by atoms with Crippen LogP contribution < -0.4 is 0 Å². The van der Waals surface area contributed by atoms with Gasteiger partial charge in [-0.1, -0.05) is 16.8 Å². The molecular weight excluding hydrogens is 390 g/mol. The van der Waals surface area contributed by atoms with Crippen molar-refractivity contribution in [3.63, 3.8) is 0 Å². The molecule has 1 aliphatic heterocycles. The summed E-state index contributed by atoms with van der Waals surface area (Å²) in [5.41, 5.74) is 0. The molecule has 11 nitrogen and oxygen atoms in total. The summed E-state index contributed by atoms with van der Waals surface area (Å²) in [4.78, 5) is 45.7. The maximum atomic E-state index is 11.6. The molecule has 0 aliphatic carbocycles. The number of carbonyl (C=O) groups is 4. The summed E-state index contributed by atoms with van der Waals surface area (Å²) >= 11 is 5.83. The third kappa shape index (κ3) is 6.68. The monoisotopic (exact) mass is 409 g/mol. The Bertz CT molecular complexity index is 622. The van der Waals surface area contributed by atoms with E-state index in [1.807, 2.05) is 0 Å². The smallest absolute Gasteiger partial charge is 0.303 e. The molecule has 1 heterocycles. The van der Waals surface area contributed by atoms with Crippen LogP contribution in [0, 0.1) is 0 Å². The van der Waals surface area contributed by atoms with E-state index in [-0.39, 0.29) is 0 Å². The van der Waals surface area contributed by atoms with Gasteiger partial charge in [-0.25, -0.2) is 0 Å². The van der Waals surface area contributed by atoms with Crippen LogP contribution in [0.1, 0.15) is 27.7 Å². The lowest BCUT2D eigenvalue weighted by Gasteiger charge is -2.43. The van der Waals surface area contributed by atoms with E-state index < -0.39 is 66.2 Å². The summed E-state index contributed by atoms with van der Waals surface area (Å²) in [6.07, 6.45) is -6.60. The van der Waals surface area contributed by atoms with Crippen LogP contribution in [-0.2, 0) is 42.9 Å². The summed E-state index contributed by atoms with van der Waals surface area (Å²) in [6, 6.07) is 0. The summed E-state index contributed by atoms with van der Waals surface area (Å²) in [7, 11) is 0. The fourth-order valence-electron chi connectivity index (χ4n) is 2.48. The first kappa shape index (κ1) is 22.6. The predicted octanol–water partition coefficient (Wildman–Crippen LogP) is 0.138. The Morgan fingerprint density at radius 3 is 1.81 bits per heavy atom. The van der Waals surface area contributed by atoms with Crippen LogP contribution in [0.25, 0.3) is 0 Å². The molecule has 27 heavy (non-hydrogen) atoms. The average Bonchev–Trinajstić information content (AvgIpc) is 2.54. The molecule has 12 heteroatoms. The highest BCUT2D eigenvalue weighted by molar-refractivity contribution is 6.66. The van der Waals surface area contributed by atoms with Gasteiger partial charge >= 0.3 is 23.9 Å². The molecule has 0 spiro atoms. The molecule has 0 aromatic rings. The Morgan fingerprint density at radius 2 is 1.37 bits per heavy atom. The van der Waals surface area contributed by atoms with E-state index in [0.717, 1.165) is 27.7 Å². The van der Waals surface area contributed by atoms with Gasteiger partial charge in [-0.15, -0.1) is 0 Å². The maximum absolute atomic E-state index is 11.6. The van der Waals surface area contributed by atoms with E-state index >= 15 is 0 Å². The van der Waals surface area contributed by atoms with Crippen LogP contribution >= 0.6 is 11.6 Å². The number of rotatable bonds is 6. The van der Waals surface area contributed by atoms with Crippen LogP contribution in [0.5, 0.6) is 0 Å². The number of hydrogen-bond donors (Lipinski definition) is 1. The van der Waals surface area contributed by atoms with Crippen molar-refractivity contribution in [1.82, 2.24) is 0 Å². The first-order valence-electron chi connectivity index (χ1n) is 7.74. The van der Waals surface area contributed by atoms with E-state index in [9.17, 15) is 19.2 Å². The minimum Gasteiger partial charge on any atom is -0.463 e. The van der Waals surface area contributed by atoms with Crippen molar-refractivity contribution in [1.29, 1.82) is 0 Å². The van der Waals surface area contributed by atoms with E-state index in [1.54, 1.807) is 0 Å². The minimum absolute atomic E-state index is 0.399.